The van der Waals surface area contributed by atoms with Crippen molar-refractivity contribution in [3.05, 3.63) is 0 Å². The fourth-order valence-electron chi connectivity index (χ4n) is 1.41. The Morgan fingerprint density at radius 3 is 2.00 bits per heavy atom. The van der Waals surface area contributed by atoms with Gasteiger partial charge < -0.3 is 14.1 Å². The van der Waals surface area contributed by atoms with Gasteiger partial charge >= 0.3 is 0 Å². The molecule has 16 heavy (non-hydrogen) atoms. The Labute approximate surface area is 96.4 Å². The minimum absolute atomic E-state index is 0.299. The van der Waals surface area contributed by atoms with E-state index in [0.29, 0.717) is 6.61 Å². The number of hydrogen-bond acceptors (Lipinski definition) is 5. The number of piperazine rings is 1. The van der Waals surface area contributed by atoms with Gasteiger partial charge in [0.05, 0.1) is 33.8 Å². The summed E-state index contributed by atoms with van der Waals surface area (Å²) in [7, 11) is -0.396. The van der Waals surface area contributed by atoms with Crippen LogP contribution in [0.25, 0.3) is 0 Å². The van der Waals surface area contributed by atoms with Gasteiger partial charge in [-0.1, -0.05) is 0 Å². The summed E-state index contributed by atoms with van der Waals surface area (Å²) in [5, 5.41) is 8.70. The lowest BCUT2D eigenvalue weighted by atomic mass is 10.3. The van der Waals surface area contributed by atoms with Crippen LogP contribution in [0.4, 0.5) is 0 Å². The number of nitrogens with zero attached hydrogens (tertiary/aromatic N) is 2. The number of hydrogen-bond donors (Lipinski definition) is 2. The Balaban J connectivity index is 0.000000385. The largest absolute Gasteiger partial charge is 0.726 e. The van der Waals surface area contributed by atoms with E-state index in [2.05, 4.69) is 19.0 Å². The van der Waals surface area contributed by atoms with Gasteiger partial charge in [-0.25, -0.2) is 8.42 Å². The van der Waals surface area contributed by atoms with Crippen LogP contribution in [0.3, 0.4) is 0 Å². The Morgan fingerprint density at radius 2 is 1.69 bits per heavy atom. The summed E-state index contributed by atoms with van der Waals surface area (Å²) in [6, 6.07) is 0. The molecule has 8 heteroatoms. The van der Waals surface area contributed by atoms with Gasteiger partial charge in [0, 0.05) is 19.6 Å². The molecule has 0 unspecified atom stereocenters. The molecule has 1 rings (SSSR count). The summed E-state index contributed by atoms with van der Waals surface area (Å²) < 4.78 is 34.0. The van der Waals surface area contributed by atoms with Gasteiger partial charge in [0.1, 0.15) is 0 Å². The van der Waals surface area contributed by atoms with Crippen molar-refractivity contribution in [2.75, 3.05) is 53.4 Å². The van der Waals surface area contributed by atoms with E-state index < -0.39 is 10.4 Å². The standard InChI is InChI=1S/C8H19N2O.H2O4S/c1-10(2)6-3-9(4-7-10)5-8-11;1-5(2,3)4/h11H,3-8H2,1-2H3;(H2,1,2,3,4)/q+1;/p-1. The minimum atomic E-state index is -4.92. The molecule has 0 aromatic rings. The highest BCUT2D eigenvalue weighted by Crippen LogP contribution is 2.05. The third kappa shape index (κ3) is 10.3. The lowest BCUT2D eigenvalue weighted by Gasteiger charge is -2.38. The monoisotopic (exact) mass is 256 g/mol. The zero-order valence-corrected chi connectivity index (χ0v) is 10.5. The molecule has 0 spiro atoms. The molecule has 1 heterocycles. The van der Waals surface area contributed by atoms with Crippen LogP contribution in [-0.4, -0.2) is 85.4 Å². The predicted molar refractivity (Wildman–Crippen MR) is 57.7 cm³/mol. The van der Waals surface area contributed by atoms with Crippen LogP contribution in [0, 0.1) is 0 Å². The number of aliphatic hydroxyl groups is 1. The Morgan fingerprint density at radius 1 is 1.31 bits per heavy atom. The average Bonchev–Trinajstić information content (AvgIpc) is 2.06. The number of likely N-dealkylation sites (N-methyl/N-ethyl adjacent to an activating group) is 1. The van der Waals surface area contributed by atoms with Crippen molar-refractivity contribution in [1.29, 1.82) is 0 Å². The molecule has 0 bridgehead atoms. The van der Waals surface area contributed by atoms with E-state index in [1.165, 1.54) is 13.1 Å². The highest BCUT2D eigenvalue weighted by Gasteiger charge is 2.23. The molecule has 0 aliphatic carbocycles. The van der Waals surface area contributed by atoms with Crippen molar-refractivity contribution in [3.63, 3.8) is 0 Å². The zero-order valence-electron chi connectivity index (χ0n) is 9.66. The van der Waals surface area contributed by atoms with E-state index in [1.54, 1.807) is 0 Å². The van der Waals surface area contributed by atoms with Crippen LogP contribution in [0.1, 0.15) is 0 Å². The minimum Gasteiger partial charge on any atom is -0.726 e. The first kappa shape index (κ1) is 15.8. The molecule has 1 aliphatic rings. The van der Waals surface area contributed by atoms with Crippen LogP contribution in [0.5, 0.6) is 0 Å². The SMILES string of the molecule is C[N+]1(C)CCN(CCO)CC1.O=S(=O)([O-])O. The van der Waals surface area contributed by atoms with Crippen molar-refractivity contribution in [2.24, 2.45) is 0 Å². The van der Waals surface area contributed by atoms with Crippen LogP contribution in [0.15, 0.2) is 0 Å². The van der Waals surface area contributed by atoms with Gasteiger partial charge in [-0.3, -0.25) is 9.45 Å². The second-order valence-electron chi connectivity index (χ2n) is 4.38. The third-order valence-electron chi connectivity index (χ3n) is 2.46. The maximum atomic E-state index is 8.70. The maximum Gasteiger partial charge on any atom is 0.215 e. The first-order valence-electron chi connectivity index (χ1n) is 4.97. The van der Waals surface area contributed by atoms with E-state index in [4.69, 9.17) is 22.6 Å². The molecule has 0 aromatic heterocycles. The van der Waals surface area contributed by atoms with E-state index in [9.17, 15) is 0 Å². The van der Waals surface area contributed by atoms with Crippen molar-refractivity contribution in [2.45, 2.75) is 0 Å². The van der Waals surface area contributed by atoms with Gasteiger partial charge in [0.2, 0.25) is 10.4 Å². The van der Waals surface area contributed by atoms with E-state index in [0.717, 1.165) is 24.1 Å². The third-order valence-corrected chi connectivity index (χ3v) is 2.46. The van der Waals surface area contributed by atoms with Crippen molar-refractivity contribution in [1.82, 2.24) is 4.90 Å². The number of β-amino-alcohol motifs (C(OH)–C–C–N with tert-alkyl or cyclic N) is 1. The van der Waals surface area contributed by atoms with Crippen molar-refractivity contribution < 1.29 is 27.1 Å². The van der Waals surface area contributed by atoms with Crippen LogP contribution in [0.2, 0.25) is 0 Å². The second kappa shape index (κ2) is 6.48. The van der Waals surface area contributed by atoms with Crippen LogP contribution >= 0.6 is 0 Å². The summed E-state index contributed by atoms with van der Waals surface area (Å²) in [6.07, 6.45) is 0. The van der Waals surface area contributed by atoms with E-state index in [-0.39, 0.29) is 0 Å². The molecule has 0 atom stereocenters. The molecule has 2 N–H and O–H groups in total. The normalized spacial score (nSPS) is 21.1. The van der Waals surface area contributed by atoms with Gasteiger partial charge in [-0.05, 0) is 0 Å². The fraction of sp³-hybridized carbons (Fsp3) is 1.00. The number of quaternary nitrogens is 1. The van der Waals surface area contributed by atoms with Crippen molar-refractivity contribution in [3.8, 4) is 0 Å². The van der Waals surface area contributed by atoms with Crippen molar-refractivity contribution >= 4 is 10.4 Å². The molecule has 1 fully saturated rings. The fourth-order valence-corrected chi connectivity index (χ4v) is 1.41. The van der Waals surface area contributed by atoms with Gasteiger partial charge in [0.15, 0.2) is 0 Å². The smallest absolute Gasteiger partial charge is 0.215 e. The lowest BCUT2D eigenvalue weighted by molar-refractivity contribution is -0.894. The Bertz CT molecular complexity index is 273. The summed E-state index contributed by atoms with van der Waals surface area (Å²) >= 11 is 0. The van der Waals surface area contributed by atoms with Gasteiger partial charge in [0.25, 0.3) is 0 Å². The predicted octanol–water partition coefficient (Wildman–Crippen LogP) is -1.62. The molecule has 0 aromatic carbocycles. The number of rotatable bonds is 2. The molecular formula is C8H20N2O5S. The van der Waals surface area contributed by atoms with Gasteiger partial charge in [-0.2, -0.15) is 0 Å². The Hall–Kier alpha value is -0.250. The van der Waals surface area contributed by atoms with Crippen LogP contribution in [-0.2, 0) is 10.4 Å². The van der Waals surface area contributed by atoms with Gasteiger partial charge in [-0.15, -0.1) is 0 Å². The second-order valence-corrected chi connectivity index (χ2v) is 5.23. The lowest BCUT2D eigenvalue weighted by Crippen LogP contribution is -2.55. The average molecular weight is 256 g/mol. The first-order chi connectivity index (χ1) is 7.14. The summed E-state index contributed by atoms with van der Waals surface area (Å²) in [6.45, 7) is 5.83. The van der Waals surface area contributed by atoms with E-state index in [1.807, 2.05) is 0 Å². The summed E-state index contributed by atoms with van der Waals surface area (Å²) in [5.41, 5.74) is 0. The zero-order chi connectivity index (χ0) is 12.8. The maximum absolute atomic E-state index is 8.70. The highest BCUT2D eigenvalue weighted by atomic mass is 32.3. The first-order valence-corrected chi connectivity index (χ1v) is 6.34. The highest BCUT2D eigenvalue weighted by molar-refractivity contribution is 7.79. The molecule has 0 saturated carbocycles. The van der Waals surface area contributed by atoms with Crippen LogP contribution < -0.4 is 0 Å². The molecule has 98 valence electrons. The molecule has 7 nitrogen and oxygen atoms in total. The van der Waals surface area contributed by atoms with E-state index >= 15 is 0 Å². The molecule has 0 radical (unpaired) electrons. The topological polar surface area (TPSA) is 101 Å². The summed E-state index contributed by atoms with van der Waals surface area (Å²) in [4.78, 5) is 2.32. The molecular weight excluding hydrogens is 236 g/mol. The summed E-state index contributed by atoms with van der Waals surface area (Å²) in [5.74, 6) is 0. The molecule has 1 saturated heterocycles. The quantitative estimate of drug-likeness (QED) is 0.350. The molecule has 1 aliphatic heterocycles. The number of aliphatic hydroxyl groups excluding tert-OH is 1. The molecule has 0 amide bonds. The Kier molecular flexibility index (Phi) is 6.38.